The van der Waals surface area contributed by atoms with Crippen molar-refractivity contribution in [3.8, 4) is 0 Å². The van der Waals surface area contributed by atoms with Gasteiger partial charge in [0.25, 0.3) is 0 Å². The molecule has 0 bridgehead atoms. The average Bonchev–Trinajstić information content (AvgIpc) is 2.53. The van der Waals surface area contributed by atoms with E-state index in [1.165, 1.54) is 0 Å². The summed E-state index contributed by atoms with van der Waals surface area (Å²) in [6, 6.07) is 10.1. The van der Waals surface area contributed by atoms with Crippen molar-refractivity contribution in [3.05, 3.63) is 35.9 Å². The Bertz CT molecular complexity index is 427. The van der Waals surface area contributed by atoms with Gasteiger partial charge in [0, 0.05) is 33.4 Å². The van der Waals surface area contributed by atoms with E-state index in [1.54, 1.807) is 0 Å². The van der Waals surface area contributed by atoms with Crippen LogP contribution in [0.15, 0.2) is 30.3 Å². The zero-order valence-electron chi connectivity index (χ0n) is 12.4. The Balaban J connectivity index is 2.25. The third-order valence-electron chi connectivity index (χ3n) is 4.13. The molecule has 110 valence electrons. The predicted molar refractivity (Wildman–Crippen MR) is 79.7 cm³/mol. The normalized spacial score (nSPS) is 17.7. The molecule has 0 aromatic heterocycles. The first kappa shape index (κ1) is 15.0. The summed E-state index contributed by atoms with van der Waals surface area (Å²) in [7, 11) is 3.79. The van der Waals surface area contributed by atoms with E-state index in [2.05, 4.69) is 17.4 Å². The maximum absolute atomic E-state index is 13.0. The molecular formula is C16H24N2O2. The molecule has 0 atom stereocenters. The minimum absolute atomic E-state index is 0.210. The predicted octanol–water partition coefficient (Wildman–Crippen LogP) is 1.41. The molecule has 1 aromatic carbocycles. The van der Waals surface area contributed by atoms with E-state index in [9.17, 15) is 4.79 Å². The van der Waals surface area contributed by atoms with Gasteiger partial charge in [0.05, 0.1) is 5.41 Å². The van der Waals surface area contributed by atoms with Gasteiger partial charge < -0.3 is 15.0 Å². The van der Waals surface area contributed by atoms with Crippen molar-refractivity contribution in [1.82, 2.24) is 10.2 Å². The van der Waals surface area contributed by atoms with Gasteiger partial charge in [-0.25, -0.2) is 0 Å². The van der Waals surface area contributed by atoms with Crippen LogP contribution in [0.5, 0.6) is 0 Å². The molecular weight excluding hydrogens is 252 g/mol. The molecule has 2 rings (SSSR count). The third-order valence-corrected chi connectivity index (χ3v) is 4.13. The lowest BCUT2D eigenvalue weighted by molar-refractivity contribution is -0.140. The molecule has 20 heavy (non-hydrogen) atoms. The van der Waals surface area contributed by atoms with Gasteiger partial charge in [-0.15, -0.1) is 0 Å². The Morgan fingerprint density at radius 3 is 2.55 bits per heavy atom. The number of rotatable bonds is 5. The molecule has 1 N–H and O–H groups in total. The molecule has 1 aromatic rings. The first-order valence-electron chi connectivity index (χ1n) is 7.24. The minimum Gasteiger partial charge on any atom is -0.381 e. The number of nitrogens with zero attached hydrogens (tertiary/aromatic N) is 1. The summed E-state index contributed by atoms with van der Waals surface area (Å²) in [5.41, 5.74) is 0.701. The standard InChI is InChI=1S/C16H24N2O2/c1-17-10-11-18(2)15(19)16(8-12-20-13-9-16)14-6-4-3-5-7-14/h3-7,17H,8-13H2,1-2H3. The molecule has 1 aliphatic rings. The smallest absolute Gasteiger partial charge is 0.233 e. The van der Waals surface area contributed by atoms with Crippen molar-refractivity contribution in [1.29, 1.82) is 0 Å². The van der Waals surface area contributed by atoms with Gasteiger partial charge in [-0.2, -0.15) is 0 Å². The summed E-state index contributed by atoms with van der Waals surface area (Å²) in [6.07, 6.45) is 1.53. The van der Waals surface area contributed by atoms with Gasteiger partial charge in [0.1, 0.15) is 0 Å². The van der Waals surface area contributed by atoms with Crippen LogP contribution in [-0.4, -0.2) is 51.2 Å². The van der Waals surface area contributed by atoms with E-state index in [4.69, 9.17) is 4.74 Å². The molecule has 0 unspecified atom stereocenters. The highest BCUT2D eigenvalue weighted by Gasteiger charge is 2.42. The Kier molecular flexibility index (Phi) is 5.15. The summed E-state index contributed by atoms with van der Waals surface area (Å²) in [5.74, 6) is 0.210. The number of hydrogen-bond acceptors (Lipinski definition) is 3. The van der Waals surface area contributed by atoms with Crippen LogP contribution in [0.3, 0.4) is 0 Å². The second-order valence-corrected chi connectivity index (χ2v) is 5.39. The Labute approximate surface area is 121 Å². The lowest BCUT2D eigenvalue weighted by Gasteiger charge is -2.39. The lowest BCUT2D eigenvalue weighted by Crippen LogP contribution is -2.49. The molecule has 0 spiro atoms. The molecule has 1 saturated heterocycles. The maximum Gasteiger partial charge on any atom is 0.233 e. The largest absolute Gasteiger partial charge is 0.381 e. The molecule has 1 heterocycles. The van der Waals surface area contributed by atoms with E-state index in [1.807, 2.05) is 37.2 Å². The number of ether oxygens (including phenoxy) is 1. The second-order valence-electron chi connectivity index (χ2n) is 5.39. The van der Waals surface area contributed by atoms with Crippen LogP contribution >= 0.6 is 0 Å². The summed E-state index contributed by atoms with van der Waals surface area (Å²) in [5, 5.41) is 3.09. The molecule has 0 aliphatic carbocycles. The van der Waals surface area contributed by atoms with Crippen molar-refractivity contribution in [3.63, 3.8) is 0 Å². The fourth-order valence-electron chi connectivity index (χ4n) is 2.85. The fraction of sp³-hybridized carbons (Fsp3) is 0.562. The van der Waals surface area contributed by atoms with Crippen LogP contribution in [0, 0.1) is 0 Å². The SMILES string of the molecule is CNCCN(C)C(=O)C1(c2ccccc2)CCOCC1. The lowest BCUT2D eigenvalue weighted by atomic mass is 9.73. The monoisotopic (exact) mass is 276 g/mol. The van der Waals surface area contributed by atoms with Crippen LogP contribution in [0.4, 0.5) is 0 Å². The Hall–Kier alpha value is -1.39. The quantitative estimate of drug-likeness (QED) is 0.884. The number of likely N-dealkylation sites (N-methyl/N-ethyl adjacent to an activating group) is 2. The van der Waals surface area contributed by atoms with Crippen molar-refractivity contribution < 1.29 is 9.53 Å². The van der Waals surface area contributed by atoms with Gasteiger partial charge in [0.2, 0.25) is 5.91 Å². The first-order valence-corrected chi connectivity index (χ1v) is 7.24. The van der Waals surface area contributed by atoms with Crippen LogP contribution < -0.4 is 5.32 Å². The number of carbonyl (C=O) groups is 1. The molecule has 0 radical (unpaired) electrons. The van der Waals surface area contributed by atoms with Crippen molar-refractivity contribution in [2.24, 2.45) is 0 Å². The highest BCUT2D eigenvalue weighted by molar-refractivity contribution is 5.88. The molecule has 4 heteroatoms. The summed E-state index contributed by atoms with van der Waals surface area (Å²) < 4.78 is 5.47. The number of benzene rings is 1. The molecule has 1 aliphatic heterocycles. The minimum atomic E-state index is -0.415. The number of hydrogen-bond donors (Lipinski definition) is 1. The van der Waals surface area contributed by atoms with E-state index in [0.29, 0.717) is 13.2 Å². The zero-order chi connectivity index (χ0) is 14.4. The highest BCUT2D eigenvalue weighted by atomic mass is 16.5. The van der Waals surface area contributed by atoms with Crippen molar-refractivity contribution in [2.75, 3.05) is 40.4 Å². The van der Waals surface area contributed by atoms with E-state index < -0.39 is 5.41 Å². The molecule has 4 nitrogen and oxygen atoms in total. The van der Waals surface area contributed by atoms with Gasteiger partial charge >= 0.3 is 0 Å². The Morgan fingerprint density at radius 1 is 1.30 bits per heavy atom. The number of amides is 1. The fourth-order valence-corrected chi connectivity index (χ4v) is 2.85. The first-order chi connectivity index (χ1) is 9.70. The topological polar surface area (TPSA) is 41.6 Å². The molecule has 1 amide bonds. The average molecular weight is 276 g/mol. The van der Waals surface area contributed by atoms with Gasteiger partial charge in [0.15, 0.2) is 0 Å². The van der Waals surface area contributed by atoms with Crippen molar-refractivity contribution in [2.45, 2.75) is 18.3 Å². The summed E-state index contributed by atoms with van der Waals surface area (Å²) in [4.78, 5) is 14.8. The third kappa shape index (κ3) is 3.02. The van der Waals surface area contributed by atoms with Crippen LogP contribution in [0.1, 0.15) is 18.4 Å². The maximum atomic E-state index is 13.0. The van der Waals surface area contributed by atoms with Crippen molar-refractivity contribution >= 4 is 5.91 Å². The highest BCUT2D eigenvalue weighted by Crippen LogP contribution is 2.36. The molecule has 0 saturated carbocycles. The number of nitrogens with one attached hydrogen (secondary N) is 1. The number of carbonyl (C=O) groups excluding carboxylic acids is 1. The van der Waals surface area contributed by atoms with E-state index in [0.717, 1.165) is 31.5 Å². The van der Waals surface area contributed by atoms with Crippen LogP contribution in [-0.2, 0) is 14.9 Å². The summed E-state index contributed by atoms with van der Waals surface area (Å²) >= 11 is 0. The van der Waals surface area contributed by atoms with Crippen LogP contribution in [0.2, 0.25) is 0 Å². The summed E-state index contributed by atoms with van der Waals surface area (Å²) in [6.45, 7) is 2.84. The zero-order valence-corrected chi connectivity index (χ0v) is 12.4. The van der Waals surface area contributed by atoms with Gasteiger partial charge in [-0.1, -0.05) is 30.3 Å². The Morgan fingerprint density at radius 2 is 1.95 bits per heavy atom. The van der Waals surface area contributed by atoms with Gasteiger partial charge in [-0.05, 0) is 25.5 Å². The van der Waals surface area contributed by atoms with E-state index >= 15 is 0 Å². The molecule has 1 fully saturated rings. The van der Waals surface area contributed by atoms with Gasteiger partial charge in [-0.3, -0.25) is 4.79 Å². The van der Waals surface area contributed by atoms with E-state index in [-0.39, 0.29) is 5.91 Å². The second kappa shape index (κ2) is 6.86. The van der Waals surface area contributed by atoms with Crippen LogP contribution in [0.25, 0.3) is 0 Å².